The molecule has 1 aromatic carbocycles. The molecular weight excluding hydrogens is 416 g/mol. The average Bonchev–Trinajstić information content (AvgIpc) is 3.12. The van der Waals surface area contributed by atoms with Gasteiger partial charge in [-0.05, 0) is 38.1 Å². The molecule has 0 aromatic heterocycles. The summed E-state index contributed by atoms with van der Waals surface area (Å²) in [4.78, 5) is 14.5. The Labute approximate surface area is 177 Å². The third kappa shape index (κ3) is 6.73. The predicted molar refractivity (Wildman–Crippen MR) is 110 cm³/mol. The topological polar surface area (TPSA) is 53.6 Å². The highest BCUT2D eigenvalue weighted by molar-refractivity contribution is 6.31. The summed E-state index contributed by atoms with van der Waals surface area (Å²) in [6, 6.07) is 4.53. The van der Waals surface area contributed by atoms with Crippen molar-refractivity contribution >= 4 is 42.3 Å². The summed E-state index contributed by atoms with van der Waals surface area (Å²) < 4.78 is 19.8. The van der Waals surface area contributed by atoms with Crippen molar-refractivity contribution in [1.29, 1.82) is 0 Å². The molecular formula is C18H27Cl3FN3O2. The number of halogens is 4. The molecule has 27 heavy (non-hydrogen) atoms. The maximum atomic E-state index is 14.4. The highest BCUT2D eigenvalue weighted by atomic mass is 35.5. The van der Waals surface area contributed by atoms with E-state index in [1.54, 1.807) is 12.1 Å². The largest absolute Gasteiger partial charge is 0.378 e. The highest BCUT2D eigenvalue weighted by Crippen LogP contribution is 2.31. The van der Waals surface area contributed by atoms with Crippen molar-refractivity contribution in [3.8, 4) is 0 Å². The molecule has 2 unspecified atom stereocenters. The van der Waals surface area contributed by atoms with Crippen LogP contribution in [0.25, 0.3) is 0 Å². The Morgan fingerprint density at radius 1 is 1.37 bits per heavy atom. The molecule has 2 N–H and O–H groups in total. The summed E-state index contributed by atoms with van der Waals surface area (Å²) in [5.74, 6) is -0.374. The van der Waals surface area contributed by atoms with Gasteiger partial charge in [0.1, 0.15) is 5.82 Å². The van der Waals surface area contributed by atoms with E-state index in [-0.39, 0.29) is 48.6 Å². The number of hydrogen-bond donors (Lipinski definition) is 2. The van der Waals surface area contributed by atoms with Crippen LogP contribution in [-0.2, 0) is 9.53 Å². The lowest BCUT2D eigenvalue weighted by Gasteiger charge is -2.29. The molecule has 1 amide bonds. The Morgan fingerprint density at radius 2 is 2.11 bits per heavy atom. The first kappa shape index (κ1) is 24.4. The Hall–Kier alpha value is -0.630. The lowest BCUT2D eigenvalue weighted by Crippen LogP contribution is -2.45. The summed E-state index contributed by atoms with van der Waals surface area (Å²) in [6.45, 7) is 4.13. The monoisotopic (exact) mass is 441 g/mol. The molecule has 1 aromatic rings. The minimum atomic E-state index is -0.319. The number of nitrogens with one attached hydrogen (secondary N) is 2. The summed E-state index contributed by atoms with van der Waals surface area (Å²) in [7, 11) is 0. The van der Waals surface area contributed by atoms with Gasteiger partial charge in [0.05, 0.1) is 19.3 Å². The number of carbonyl (C=O) groups is 1. The van der Waals surface area contributed by atoms with Crippen molar-refractivity contribution in [3.05, 3.63) is 34.6 Å². The van der Waals surface area contributed by atoms with Crippen molar-refractivity contribution < 1.29 is 13.9 Å². The van der Waals surface area contributed by atoms with Gasteiger partial charge in [-0.1, -0.05) is 17.7 Å². The van der Waals surface area contributed by atoms with E-state index in [9.17, 15) is 9.18 Å². The van der Waals surface area contributed by atoms with Gasteiger partial charge in [-0.25, -0.2) is 4.39 Å². The van der Waals surface area contributed by atoms with Crippen LogP contribution in [-0.4, -0.2) is 56.2 Å². The smallest absolute Gasteiger partial charge is 0.221 e. The number of hydrogen-bond acceptors (Lipinski definition) is 4. The fraction of sp³-hybridized carbons (Fsp3) is 0.611. The molecule has 0 bridgehead atoms. The number of rotatable bonds is 6. The second-order valence-electron chi connectivity index (χ2n) is 6.63. The Bertz CT molecular complexity index is 577. The number of benzene rings is 1. The van der Waals surface area contributed by atoms with E-state index in [2.05, 4.69) is 15.5 Å². The number of likely N-dealkylation sites (tertiary alicyclic amines) is 1. The Kier molecular flexibility index (Phi) is 10.9. The van der Waals surface area contributed by atoms with E-state index < -0.39 is 0 Å². The summed E-state index contributed by atoms with van der Waals surface area (Å²) >= 11 is 6.27. The lowest BCUT2D eigenvalue weighted by atomic mass is 10.0. The van der Waals surface area contributed by atoms with E-state index in [4.69, 9.17) is 16.3 Å². The maximum absolute atomic E-state index is 14.4. The van der Waals surface area contributed by atoms with Crippen LogP contribution in [0, 0.1) is 5.82 Å². The fourth-order valence-corrected chi connectivity index (χ4v) is 3.84. The second kappa shape index (κ2) is 12.0. The van der Waals surface area contributed by atoms with Gasteiger partial charge in [-0.15, -0.1) is 24.8 Å². The lowest BCUT2D eigenvalue weighted by molar-refractivity contribution is -0.122. The zero-order valence-corrected chi connectivity index (χ0v) is 17.5. The van der Waals surface area contributed by atoms with Crippen molar-refractivity contribution in [3.63, 3.8) is 0 Å². The minimum Gasteiger partial charge on any atom is -0.378 e. The van der Waals surface area contributed by atoms with Crippen molar-refractivity contribution in [2.75, 3.05) is 39.4 Å². The fourth-order valence-electron chi connectivity index (χ4n) is 3.55. The summed E-state index contributed by atoms with van der Waals surface area (Å²) in [6.07, 6.45) is 2.53. The SMILES string of the molecule is Cl.Cl.O=C(CC1COCCN1)NCC(c1c(F)cccc1Cl)N1CCCC1. The first-order valence-electron chi connectivity index (χ1n) is 8.91. The minimum absolute atomic E-state index is 0. The Morgan fingerprint density at radius 3 is 2.74 bits per heavy atom. The maximum Gasteiger partial charge on any atom is 0.221 e. The normalized spacial score (nSPS) is 21.0. The van der Waals surface area contributed by atoms with Gasteiger partial charge in [0.15, 0.2) is 0 Å². The molecule has 0 radical (unpaired) electrons. The van der Waals surface area contributed by atoms with Crippen molar-refractivity contribution in [2.45, 2.75) is 31.3 Å². The number of nitrogens with zero attached hydrogens (tertiary/aromatic N) is 1. The first-order chi connectivity index (χ1) is 12.1. The standard InChI is InChI=1S/C18H25ClFN3O2.2ClH/c19-14-4-3-5-15(20)18(14)16(23-7-1-2-8-23)11-22-17(24)10-13-12-25-9-6-21-13;;/h3-5,13,16,21H,1-2,6-12H2,(H,22,24);2*1H. The molecule has 3 rings (SSSR count). The summed E-state index contributed by atoms with van der Waals surface area (Å²) in [5, 5.41) is 6.63. The third-order valence-corrected chi connectivity index (χ3v) is 5.17. The predicted octanol–water partition coefficient (Wildman–Crippen LogP) is 2.95. The van der Waals surface area contributed by atoms with Crippen LogP contribution in [0.4, 0.5) is 4.39 Å². The molecule has 154 valence electrons. The van der Waals surface area contributed by atoms with Crippen LogP contribution in [0.15, 0.2) is 18.2 Å². The zero-order valence-electron chi connectivity index (χ0n) is 15.1. The zero-order chi connectivity index (χ0) is 17.6. The molecule has 2 fully saturated rings. The van der Waals surface area contributed by atoms with Gasteiger partial charge in [0.25, 0.3) is 0 Å². The number of carbonyl (C=O) groups excluding carboxylic acids is 1. The molecule has 0 saturated carbocycles. The van der Waals surface area contributed by atoms with E-state index in [1.165, 1.54) is 6.07 Å². The quantitative estimate of drug-likeness (QED) is 0.711. The van der Waals surface area contributed by atoms with Crippen molar-refractivity contribution in [1.82, 2.24) is 15.5 Å². The third-order valence-electron chi connectivity index (χ3n) is 4.84. The van der Waals surface area contributed by atoms with Crippen LogP contribution >= 0.6 is 36.4 Å². The van der Waals surface area contributed by atoms with Crippen LogP contribution in [0.3, 0.4) is 0 Å². The molecule has 9 heteroatoms. The highest BCUT2D eigenvalue weighted by Gasteiger charge is 2.28. The number of morpholine rings is 1. The van der Waals surface area contributed by atoms with Gasteiger partial charge < -0.3 is 15.4 Å². The van der Waals surface area contributed by atoms with E-state index in [0.29, 0.717) is 36.8 Å². The van der Waals surface area contributed by atoms with Crippen LogP contribution < -0.4 is 10.6 Å². The second-order valence-corrected chi connectivity index (χ2v) is 7.04. The van der Waals surface area contributed by atoms with E-state index in [1.807, 2.05) is 0 Å². The number of amides is 1. The van der Waals surface area contributed by atoms with Crippen molar-refractivity contribution in [2.24, 2.45) is 0 Å². The molecule has 2 aliphatic heterocycles. The van der Waals surface area contributed by atoms with Gasteiger partial charge in [-0.3, -0.25) is 9.69 Å². The number of ether oxygens (including phenoxy) is 1. The molecule has 2 atom stereocenters. The molecule has 2 aliphatic rings. The molecule has 2 heterocycles. The van der Waals surface area contributed by atoms with Gasteiger partial charge in [0, 0.05) is 36.1 Å². The first-order valence-corrected chi connectivity index (χ1v) is 9.28. The van der Waals surface area contributed by atoms with Crippen LogP contribution in [0.5, 0.6) is 0 Å². The molecule has 5 nitrogen and oxygen atoms in total. The van der Waals surface area contributed by atoms with Crippen LogP contribution in [0.2, 0.25) is 5.02 Å². The Balaban J connectivity index is 0.00000182. The molecule has 0 spiro atoms. The molecule has 2 saturated heterocycles. The van der Waals surface area contributed by atoms with E-state index in [0.717, 1.165) is 32.5 Å². The van der Waals surface area contributed by atoms with Gasteiger partial charge in [0.2, 0.25) is 5.91 Å². The summed E-state index contributed by atoms with van der Waals surface area (Å²) in [5.41, 5.74) is 0.477. The van der Waals surface area contributed by atoms with E-state index >= 15 is 0 Å². The average molecular weight is 443 g/mol. The van der Waals surface area contributed by atoms with Crippen LogP contribution in [0.1, 0.15) is 30.9 Å². The molecule has 0 aliphatic carbocycles. The van der Waals surface area contributed by atoms with Gasteiger partial charge in [-0.2, -0.15) is 0 Å². The van der Waals surface area contributed by atoms with Gasteiger partial charge >= 0.3 is 0 Å².